The summed E-state index contributed by atoms with van der Waals surface area (Å²) in [7, 11) is 0. The molecule has 4 nitrogen and oxygen atoms in total. The zero-order valence-electron chi connectivity index (χ0n) is 6.19. The molecule has 1 fully saturated rings. The predicted octanol–water partition coefficient (Wildman–Crippen LogP) is -0.142. The number of rotatable bonds is 3. The van der Waals surface area contributed by atoms with Crippen LogP contribution in [0.1, 0.15) is 12.8 Å². The molecule has 0 aromatic carbocycles. The lowest BCUT2D eigenvalue weighted by Gasteiger charge is -2.09. The van der Waals surface area contributed by atoms with E-state index in [9.17, 15) is 9.90 Å². The van der Waals surface area contributed by atoms with E-state index in [1.165, 1.54) is 0 Å². The Balaban J connectivity index is 2.20. The van der Waals surface area contributed by atoms with E-state index in [2.05, 4.69) is 0 Å². The molecule has 0 amide bonds. The summed E-state index contributed by atoms with van der Waals surface area (Å²) in [4.78, 5) is 10.1. The summed E-state index contributed by atoms with van der Waals surface area (Å²) in [6.45, 7) is 0.846. The fraction of sp³-hybridized carbons (Fsp3) is 0.857. The number of aliphatic hydroxyl groups excluding tert-OH is 1. The van der Waals surface area contributed by atoms with E-state index >= 15 is 0 Å². The quantitative estimate of drug-likeness (QED) is 0.603. The van der Waals surface area contributed by atoms with Gasteiger partial charge in [-0.05, 0) is 6.42 Å². The molecule has 2 atom stereocenters. The first-order valence-corrected chi connectivity index (χ1v) is 3.67. The summed E-state index contributed by atoms with van der Waals surface area (Å²) < 4.78 is 4.96. The van der Waals surface area contributed by atoms with Gasteiger partial charge in [0, 0.05) is 12.3 Å². The molecule has 0 aromatic rings. The molecule has 1 aliphatic rings. The number of carboxylic acids is 1. The van der Waals surface area contributed by atoms with Crippen molar-refractivity contribution in [3.8, 4) is 0 Å². The molecular formula is C7H12O4. The van der Waals surface area contributed by atoms with Gasteiger partial charge in [0.15, 0.2) is 0 Å². The van der Waals surface area contributed by atoms with Crippen LogP contribution in [0.2, 0.25) is 0 Å². The minimum absolute atomic E-state index is 0.0195. The molecule has 0 spiro atoms. The molecule has 0 aliphatic carbocycles. The van der Waals surface area contributed by atoms with Crippen molar-refractivity contribution in [2.75, 3.05) is 13.2 Å². The van der Waals surface area contributed by atoms with Crippen molar-refractivity contribution in [1.82, 2.24) is 0 Å². The van der Waals surface area contributed by atoms with Gasteiger partial charge in [0.25, 0.3) is 0 Å². The fourth-order valence-electron chi connectivity index (χ4n) is 1.17. The largest absolute Gasteiger partial charge is 0.481 e. The minimum atomic E-state index is -0.816. The summed E-state index contributed by atoms with van der Waals surface area (Å²) in [6, 6.07) is 0. The Kier molecular flexibility index (Phi) is 2.84. The summed E-state index contributed by atoms with van der Waals surface area (Å²) >= 11 is 0. The van der Waals surface area contributed by atoms with Gasteiger partial charge >= 0.3 is 5.97 Å². The van der Waals surface area contributed by atoms with Crippen LogP contribution in [0.4, 0.5) is 0 Å². The van der Waals surface area contributed by atoms with Crippen LogP contribution in [0.3, 0.4) is 0 Å². The molecule has 1 aliphatic heterocycles. The van der Waals surface area contributed by atoms with Crippen molar-refractivity contribution < 1.29 is 19.7 Å². The number of carbonyl (C=O) groups is 1. The van der Waals surface area contributed by atoms with Gasteiger partial charge in [-0.25, -0.2) is 0 Å². The number of ether oxygens (including phenoxy) is 1. The lowest BCUT2D eigenvalue weighted by atomic mass is 10.0. The molecule has 4 heteroatoms. The van der Waals surface area contributed by atoms with Gasteiger partial charge in [0.05, 0.1) is 19.3 Å². The van der Waals surface area contributed by atoms with Crippen LogP contribution in [0, 0.1) is 5.92 Å². The van der Waals surface area contributed by atoms with Crippen LogP contribution in [0.15, 0.2) is 0 Å². The van der Waals surface area contributed by atoms with E-state index in [1.807, 2.05) is 0 Å². The topological polar surface area (TPSA) is 66.8 Å². The number of aliphatic carboxylic acids is 1. The zero-order valence-corrected chi connectivity index (χ0v) is 6.19. The Morgan fingerprint density at radius 1 is 1.55 bits per heavy atom. The zero-order chi connectivity index (χ0) is 8.27. The maximum absolute atomic E-state index is 10.1. The van der Waals surface area contributed by atoms with Gasteiger partial charge < -0.3 is 14.9 Å². The highest BCUT2D eigenvalue weighted by atomic mass is 16.5. The van der Waals surface area contributed by atoms with Crippen LogP contribution in [-0.2, 0) is 9.53 Å². The van der Waals surface area contributed by atoms with E-state index < -0.39 is 12.1 Å². The highest BCUT2D eigenvalue weighted by Gasteiger charge is 2.26. The number of carboxylic acid groups (broad SMARTS) is 1. The third kappa shape index (κ3) is 2.48. The fourth-order valence-corrected chi connectivity index (χ4v) is 1.17. The Morgan fingerprint density at radius 2 is 2.27 bits per heavy atom. The van der Waals surface area contributed by atoms with Crippen LogP contribution in [-0.4, -0.2) is 35.5 Å². The van der Waals surface area contributed by atoms with E-state index in [-0.39, 0.29) is 12.3 Å². The molecule has 11 heavy (non-hydrogen) atoms. The molecule has 0 aromatic heterocycles. The Hall–Kier alpha value is -0.610. The third-order valence-electron chi connectivity index (χ3n) is 1.89. The number of hydrogen-bond donors (Lipinski definition) is 2. The maximum atomic E-state index is 10.1. The van der Waals surface area contributed by atoms with Gasteiger partial charge in [0.2, 0.25) is 0 Å². The highest BCUT2D eigenvalue weighted by Crippen LogP contribution is 2.18. The Labute approximate surface area is 64.8 Å². The molecule has 0 bridgehead atoms. The van der Waals surface area contributed by atoms with Crippen LogP contribution >= 0.6 is 0 Å². The molecule has 1 heterocycles. The maximum Gasteiger partial charge on any atom is 0.303 e. The van der Waals surface area contributed by atoms with Crippen LogP contribution in [0.25, 0.3) is 0 Å². The molecule has 64 valence electrons. The molecule has 2 N–H and O–H groups in total. The Morgan fingerprint density at radius 3 is 2.73 bits per heavy atom. The molecule has 0 unspecified atom stereocenters. The first kappa shape index (κ1) is 8.49. The molecule has 1 saturated heterocycles. The summed E-state index contributed by atoms with van der Waals surface area (Å²) in [5, 5.41) is 17.5. The summed E-state index contributed by atoms with van der Waals surface area (Å²) in [5.74, 6) is -0.796. The second-order valence-corrected chi connectivity index (χ2v) is 2.80. The monoisotopic (exact) mass is 160 g/mol. The van der Waals surface area contributed by atoms with Crippen molar-refractivity contribution in [3.05, 3.63) is 0 Å². The summed E-state index contributed by atoms with van der Waals surface area (Å²) in [5.41, 5.74) is 0. The SMILES string of the molecule is O=C(O)CC[C@H]1COC[C@H]1O. The standard InChI is InChI=1S/C7H12O4/c8-6-4-11-3-5(6)1-2-7(9)10/h5-6,8H,1-4H2,(H,9,10)/t5-,6+/m0/s1. The molecule has 1 rings (SSSR count). The first-order chi connectivity index (χ1) is 5.20. The Bertz CT molecular complexity index is 145. The minimum Gasteiger partial charge on any atom is -0.481 e. The van der Waals surface area contributed by atoms with E-state index in [4.69, 9.17) is 9.84 Å². The third-order valence-corrected chi connectivity index (χ3v) is 1.89. The van der Waals surface area contributed by atoms with Crippen molar-refractivity contribution in [2.24, 2.45) is 5.92 Å². The number of aliphatic hydroxyl groups is 1. The van der Waals surface area contributed by atoms with Crippen molar-refractivity contribution in [3.63, 3.8) is 0 Å². The van der Waals surface area contributed by atoms with Gasteiger partial charge in [-0.2, -0.15) is 0 Å². The molecule has 0 saturated carbocycles. The normalized spacial score (nSPS) is 30.6. The second kappa shape index (κ2) is 3.69. The van der Waals surface area contributed by atoms with E-state index in [0.29, 0.717) is 19.6 Å². The van der Waals surface area contributed by atoms with Crippen LogP contribution < -0.4 is 0 Å². The van der Waals surface area contributed by atoms with Crippen LogP contribution in [0.5, 0.6) is 0 Å². The average Bonchev–Trinajstić information content (AvgIpc) is 2.31. The number of hydrogen-bond acceptors (Lipinski definition) is 3. The second-order valence-electron chi connectivity index (χ2n) is 2.80. The highest BCUT2D eigenvalue weighted by molar-refractivity contribution is 5.66. The van der Waals surface area contributed by atoms with Gasteiger partial charge in [0.1, 0.15) is 0 Å². The molecule has 0 radical (unpaired) electrons. The summed E-state index contributed by atoms with van der Waals surface area (Å²) in [6.07, 6.45) is 0.163. The van der Waals surface area contributed by atoms with E-state index in [1.54, 1.807) is 0 Å². The molecular weight excluding hydrogens is 148 g/mol. The smallest absolute Gasteiger partial charge is 0.303 e. The van der Waals surface area contributed by atoms with Gasteiger partial charge in [-0.1, -0.05) is 0 Å². The van der Waals surface area contributed by atoms with Crippen molar-refractivity contribution in [2.45, 2.75) is 18.9 Å². The van der Waals surface area contributed by atoms with Gasteiger partial charge in [-0.3, -0.25) is 4.79 Å². The van der Waals surface area contributed by atoms with E-state index in [0.717, 1.165) is 0 Å². The lowest BCUT2D eigenvalue weighted by Crippen LogP contribution is -2.18. The average molecular weight is 160 g/mol. The first-order valence-electron chi connectivity index (χ1n) is 3.67. The van der Waals surface area contributed by atoms with Gasteiger partial charge in [-0.15, -0.1) is 0 Å². The van der Waals surface area contributed by atoms with Crippen molar-refractivity contribution in [1.29, 1.82) is 0 Å². The van der Waals surface area contributed by atoms with Crippen molar-refractivity contribution >= 4 is 5.97 Å². The lowest BCUT2D eigenvalue weighted by molar-refractivity contribution is -0.137. The predicted molar refractivity (Wildman–Crippen MR) is 37.2 cm³/mol.